The summed E-state index contributed by atoms with van der Waals surface area (Å²) < 4.78 is 5.45. The molecule has 0 bridgehead atoms. The third kappa shape index (κ3) is 4.40. The highest BCUT2D eigenvalue weighted by molar-refractivity contribution is 5.94. The van der Waals surface area contributed by atoms with Crippen molar-refractivity contribution in [2.75, 3.05) is 13.2 Å². The first kappa shape index (κ1) is 14.6. The Bertz CT molecular complexity index is 388. The van der Waals surface area contributed by atoms with Gasteiger partial charge in [-0.25, -0.2) is 0 Å². The molecule has 0 heterocycles. The first-order chi connectivity index (χ1) is 8.69. The van der Waals surface area contributed by atoms with E-state index in [0.717, 1.165) is 37.1 Å². The summed E-state index contributed by atoms with van der Waals surface area (Å²) in [6, 6.07) is 5.55. The molecule has 0 saturated heterocycles. The highest BCUT2D eigenvalue weighted by atomic mass is 16.5. The van der Waals surface area contributed by atoms with Gasteiger partial charge in [-0.3, -0.25) is 4.79 Å². The smallest absolute Gasteiger partial charge is 0.251 e. The van der Waals surface area contributed by atoms with Gasteiger partial charge in [-0.05, 0) is 44.0 Å². The topological polar surface area (TPSA) is 38.3 Å². The molecule has 0 radical (unpaired) electrons. The molecular formula is C15H23NO2. The third-order valence-electron chi connectivity index (χ3n) is 2.80. The van der Waals surface area contributed by atoms with Crippen molar-refractivity contribution in [1.29, 1.82) is 0 Å². The predicted molar refractivity (Wildman–Crippen MR) is 74.2 cm³/mol. The molecular weight excluding hydrogens is 226 g/mol. The maximum absolute atomic E-state index is 11.9. The molecule has 3 heteroatoms. The van der Waals surface area contributed by atoms with Crippen LogP contribution in [0.3, 0.4) is 0 Å². The van der Waals surface area contributed by atoms with Gasteiger partial charge in [0, 0.05) is 12.1 Å². The van der Waals surface area contributed by atoms with Crippen molar-refractivity contribution in [3.63, 3.8) is 0 Å². The minimum absolute atomic E-state index is 0.00254. The molecule has 1 rings (SSSR count). The lowest BCUT2D eigenvalue weighted by Crippen LogP contribution is -2.24. The summed E-state index contributed by atoms with van der Waals surface area (Å²) in [4.78, 5) is 11.9. The second-order valence-electron chi connectivity index (χ2n) is 4.38. The van der Waals surface area contributed by atoms with E-state index in [4.69, 9.17) is 4.74 Å². The van der Waals surface area contributed by atoms with E-state index in [2.05, 4.69) is 12.2 Å². The van der Waals surface area contributed by atoms with Crippen LogP contribution in [0.5, 0.6) is 5.75 Å². The Kier molecular flexibility index (Phi) is 6.26. The van der Waals surface area contributed by atoms with Crippen LogP contribution in [0.25, 0.3) is 0 Å². The van der Waals surface area contributed by atoms with Gasteiger partial charge in [-0.1, -0.05) is 19.8 Å². The van der Waals surface area contributed by atoms with E-state index in [-0.39, 0.29) is 5.91 Å². The zero-order valence-corrected chi connectivity index (χ0v) is 11.6. The van der Waals surface area contributed by atoms with Gasteiger partial charge in [-0.2, -0.15) is 0 Å². The molecule has 3 nitrogen and oxygen atoms in total. The van der Waals surface area contributed by atoms with E-state index in [9.17, 15) is 4.79 Å². The third-order valence-corrected chi connectivity index (χ3v) is 2.80. The van der Waals surface area contributed by atoms with Crippen molar-refractivity contribution >= 4 is 5.91 Å². The first-order valence-electron chi connectivity index (χ1n) is 6.70. The number of nitrogens with one attached hydrogen (secondary N) is 1. The van der Waals surface area contributed by atoms with Crippen molar-refractivity contribution in [2.45, 2.75) is 40.0 Å². The summed E-state index contributed by atoms with van der Waals surface area (Å²) in [6.07, 6.45) is 3.36. The standard InChI is InChI=1S/C15H23NO2/c1-4-6-7-10-16-15(17)13-8-9-14(18-5-2)12(3)11-13/h8-9,11H,4-7,10H2,1-3H3,(H,16,17). The van der Waals surface area contributed by atoms with Crippen molar-refractivity contribution in [3.05, 3.63) is 29.3 Å². The molecule has 0 fully saturated rings. The van der Waals surface area contributed by atoms with Gasteiger partial charge in [0.05, 0.1) is 6.61 Å². The van der Waals surface area contributed by atoms with E-state index >= 15 is 0 Å². The number of unbranched alkanes of at least 4 members (excludes halogenated alkanes) is 2. The van der Waals surface area contributed by atoms with E-state index in [1.807, 2.05) is 32.0 Å². The fraction of sp³-hybridized carbons (Fsp3) is 0.533. The summed E-state index contributed by atoms with van der Waals surface area (Å²) in [6.45, 7) is 7.45. The van der Waals surface area contributed by atoms with Crippen LogP contribution in [0.1, 0.15) is 49.0 Å². The average molecular weight is 249 g/mol. The first-order valence-corrected chi connectivity index (χ1v) is 6.70. The minimum Gasteiger partial charge on any atom is -0.494 e. The van der Waals surface area contributed by atoms with Crippen LogP contribution in [-0.4, -0.2) is 19.1 Å². The van der Waals surface area contributed by atoms with Crippen LogP contribution in [0.4, 0.5) is 0 Å². The number of carbonyl (C=O) groups is 1. The lowest BCUT2D eigenvalue weighted by molar-refractivity contribution is 0.0953. The fourth-order valence-corrected chi connectivity index (χ4v) is 1.79. The summed E-state index contributed by atoms with van der Waals surface area (Å²) in [5.74, 6) is 0.845. The predicted octanol–water partition coefficient (Wildman–Crippen LogP) is 3.31. The monoisotopic (exact) mass is 249 g/mol. The van der Waals surface area contributed by atoms with Crippen LogP contribution in [0, 0.1) is 6.92 Å². The van der Waals surface area contributed by atoms with Crippen molar-refractivity contribution < 1.29 is 9.53 Å². The van der Waals surface area contributed by atoms with Crippen LogP contribution < -0.4 is 10.1 Å². The molecule has 100 valence electrons. The number of benzene rings is 1. The molecule has 0 saturated carbocycles. The second kappa shape index (κ2) is 7.75. The number of hydrogen-bond acceptors (Lipinski definition) is 2. The van der Waals surface area contributed by atoms with Crippen molar-refractivity contribution in [3.8, 4) is 5.75 Å². The maximum atomic E-state index is 11.9. The second-order valence-corrected chi connectivity index (χ2v) is 4.38. The Labute approximate surface area is 110 Å². The Morgan fingerprint density at radius 3 is 2.67 bits per heavy atom. The molecule has 0 aliphatic carbocycles. The largest absolute Gasteiger partial charge is 0.494 e. The van der Waals surface area contributed by atoms with Gasteiger partial charge in [0.15, 0.2) is 0 Å². The van der Waals surface area contributed by atoms with E-state index in [0.29, 0.717) is 12.2 Å². The Hall–Kier alpha value is -1.51. The summed E-state index contributed by atoms with van der Waals surface area (Å²) in [5.41, 5.74) is 1.70. The summed E-state index contributed by atoms with van der Waals surface area (Å²) in [5, 5.41) is 2.93. The molecule has 0 spiro atoms. The van der Waals surface area contributed by atoms with Crippen LogP contribution in [-0.2, 0) is 0 Å². The van der Waals surface area contributed by atoms with Gasteiger partial charge in [0.25, 0.3) is 5.91 Å². The number of amides is 1. The number of hydrogen-bond donors (Lipinski definition) is 1. The van der Waals surface area contributed by atoms with Gasteiger partial charge in [0.2, 0.25) is 0 Å². The highest BCUT2D eigenvalue weighted by Crippen LogP contribution is 2.19. The lowest BCUT2D eigenvalue weighted by Gasteiger charge is -2.09. The van der Waals surface area contributed by atoms with Crippen molar-refractivity contribution in [1.82, 2.24) is 5.32 Å². The van der Waals surface area contributed by atoms with Gasteiger partial charge in [0.1, 0.15) is 5.75 Å². The number of carbonyl (C=O) groups excluding carboxylic acids is 1. The van der Waals surface area contributed by atoms with Crippen LogP contribution >= 0.6 is 0 Å². The van der Waals surface area contributed by atoms with Gasteiger partial charge < -0.3 is 10.1 Å². The SMILES string of the molecule is CCCCCNC(=O)c1ccc(OCC)c(C)c1. The highest BCUT2D eigenvalue weighted by Gasteiger charge is 2.07. The van der Waals surface area contributed by atoms with Gasteiger partial charge >= 0.3 is 0 Å². The Morgan fingerprint density at radius 1 is 1.28 bits per heavy atom. The lowest BCUT2D eigenvalue weighted by atomic mass is 10.1. The van der Waals surface area contributed by atoms with Crippen LogP contribution in [0.15, 0.2) is 18.2 Å². The Balaban J connectivity index is 2.55. The Morgan fingerprint density at radius 2 is 2.06 bits per heavy atom. The van der Waals surface area contributed by atoms with Crippen LogP contribution in [0.2, 0.25) is 0 Å². The fourth-order valence-electron chi connectivity index (χ4n) is 1.79. The molecule has 0 aliphatic rings. The van der Waals surface area contributed by atoms with Gasteiger partial charge in [-0.15, -0.1) is 0 Å². The number of ether oxygens (including phenoxy) is 1. The van der Waals surface area contributed by atoms with E-state index in [1.54, 1.807) is 0 Å². The number of rotatable bonds is 7. The molecule has 0 aliphatic heterocycles. The zero-order valence-electron chi connectivity index (χ0n) is 11.6. The zero-order chi connectivity index (χ0) is 13.4. The molecule has 0 atom stereocenters. The molecule has 1 amide bonds. The summed E-state index contributed by atoms with van der Waals surface area (Å²) >= 11 is 0. The molecule has 18 heavy (non-hydrogen) atoms. The molecule has 1 N–H and O–H groups in total. The molecule has 1 aromatic carbocycles. The maximum Gasteiger partial charge on any atom is 0.251 e. The molecule has 1 aromatic rings. The van der Waals surface area contributed by atoms with E-state index in [1.165, 1.54) is 0 Å². The normalized spacial score (nSPS) is 10.2. The molecule has 0 aromatic heterocycles. The summed E-state index contributed by atoms with van der Waals surface area (Å²) in [7, 11) is 0. The number of aryl methyl sites for hydroxylation is 1. The molecule has 0 unspecified atom stereocenters. The van der Waals surface area contributed by atoms with E-state index < -0.39 is 0 Å². The minimum atomic E-state index is -0.00254. The van der Waals surface area contributed by atoms with Crippen molar-refractivity contribution in [2.24, 2.45) is 0 Å². The quantitative estimate of drug-likeness (QED) is 0.753. The average Bonchev–Trinajstić information content (AvgIpc) is 2.37.